The van der Waals surface area contributed by atoms with E-state index in [-0.39, 0.29) is 27.3 Å². The summed E-state index contributed by atoms with van der Waals surface area (Å²) < 4.78 is 0. The molecule has 4 nitrogen and oxygen atoms in total. The normalized spacial score (nSPS) is 7.70. The summed E-state index contributed by atoms with van der Waals surface area (Å²) in [6.07, 6.45) is -0.567. The first-order valence-corrected chi connectivity index (χ1v) is 2.27. The number of hydrogen-bond acceptors (Lipinski definition) is 4. The van der Waals surface area contributed by atoms with E-state index in [0.717, 1.165) is 6.92 Å². The van der Waals surface area contributed by atoms with Gasteiger partial charge in [-0.05, 0) is 6.92 Å². The smallest absolute Gasteiger partial charge is 0.542 e. The molecule has 0 aliphatic carbocycles. The van der Waals surface area contributed by atoms with Crippen molar-refractivity contribution in [1.29, 1.82) is 0 Å². The Balaban J connectivity index is 0. The van der Waals surface area contributed by atoms with E-state index in [1.54, 1.807) is 0 Å². The standard InChI is InChI=1S/C5H6O4.Tl/c1-3(6)2-4(7)5(8)9;/h2H2,1H3,(H,8,9);/q;+1/p-1. The van der Waals surface area contributed by atoms with Gasteiger partial charge in [-0.25, -0.2) is 0 Å². The molecule has 0 unspecified atom stereocenters. The van der Waals surface area contributed by atoms with Crippen molar-refractivity contribution in [2.45, 2.75) is 13.3 Å². The van der Waals surface area contributed by atoms with Crippen LogP contribution in [0.15, 0.2) is 0 Å². The zero-order valence-electron chi connectivity index (χ0n) is 5.42. The predicted molar refractivity (Wildman–Crippen MR) is 31.1 cm³/mol. The van der Waals surface area contributed by atoms with Crippen LogP contribution in [-0.2, 0) is 14.4 Å². The van der Waals surface area contributed by atoms with Crippen LogP contribution in [0.5, 0.6) is 0 Å². The first-order valence-electron chi connectivity index (χ1n) is 2.27. The minimum Gasteiger partial charge on any atom is -0.542 e. The van der Waals surface area contributed by atoms with Crippen LogP contribution in [0.2, 0.25) is 0 Å². The summed E-state index contributed by atoms with van der Waals surface area (Å²) in [5, 5.41) is 9.62. The van der Waals surface area contributed by atoms with Crippen LogP contribution in [0.25, 0.3) is 0 Å². The van der Waals surface area contributed by atoms with Gasteiger partial charge < -0.3 is 9.90 Å². The van der Waals surface area contributed by atoms with Gasteiger partial charge in [0.25, 0.3) is 0 Å². The summed E-state index contributed by atoms with van der Waals surface area (Å²) >= 11 is 0. The molecule has 0 aromatic heterocycles. The molecule has 0 saturated carbocycles. The average molecular weight is 333 g/mol. The van der Waals surface area contributed by atoms with Crippen LogP contribution in [0.1, 0.15) is 13.3 Å². The van der Waals surface area contributed by atoms with Crippen LogP contribution < -0.4 is 5.11 Å². The molecule has 0 atom stereocenters. The first kappa shape index (κ1) is 12.4. The molecule has 0 bridgehead atoms. The molecule has 0 amide bonds. The number of carbonyl (C=O) groups excluding carboxylic acids is 3. The molecule has 0 aromatic carbocycles. The molecule has 0 heterocycles. The largest absolute Gasteiger partial charge is 1.00 e. The Bertz CT molecular complexity index is 163. The molecule has 10 heavy (non-hydrogen) atoms. The fourth-order valence-corrected chi connectivity index (χ4v) is 0.298. The van der Waals surface area contributed by atoms with Crippen LogP contribution >= 0.6 is 0 Å². The molecule has 0 radical (unpaired) electrons. The van der Waals surface area contributed by atoms with Crippen LogP contribution in [0.3, 0.4) is 0 Å². The molecule has 52 valence electrons. The van der Waals surface area contributed by atoms with Crippen molar-refractivity contribution >= 4 is 44.8 Å². The quantitative estimate of drug-likeness (QED) is 0.337. The van der Waals surface area contributed by atoms with Crippen molar-refractivity contribution in [3.63, 3.8) is 0 Å². The Morgan fingerprint density at radius 2 is 1.70 bits per heavy atom. The first-order chi connectivity index (χ1) is 4.04. The van der Waals surface area contributed by atoms with Crippen molar-refractivity contribution in [2.75, 3.05) is 0 Å². The minimum absolute atomic E-state index is 0. The van der Waals surface area contributed by atoms with Gasteiger partial charge in [-0.3, -0.25) is 9.59 Å². The van der Waals surface area contributed by atoms with Gasteiger partial charge in [0.05, 0.1) is 6.42 Å². The maximum Gasteiger partial charge on any atom is 1.00 e. The number of carboxylic acids is 1. The zero-order valence-corrected chi connectivity index (χ0v) is 9.91. The van der Waals surface area contributed by atoms with E-state index in [2.05, 4.69) is 0 Å². The third-order valence-corrected chi connectivity index (χ3v) is 0.637. The minimum atomic E-state index is -1.80. The van der Waals surface area contributed by atoms with Gasteiger partial charge >= 0.3 is 27.3 Å². The third kappa shape index (κ3) is 5.86. The van der Waals surface area contributed by atoms with Gasteiger partial charge in [0, 0.05) is 0 Å². The number of carboxylic acid groups (broad SMARTS) is 1. The molecule has 0 spiro atoms. The molecule has 0 aliphatic heterocycles. The summed E-state index contributed by atoms with van der Waals surface area (Å²) in [5.74, 6) is -3.43. The maximum absolute atomic E-state index is 10.1. The maximum atomic E-state index is 10.1. The molecule has 0 aliphatic rings. The monoisotopic (exact) mass is 334 g/mol. The molecule has 5 heteroatoms. The summed E-state index contributed by atoms with van der Waals surface area (Å²) in [5.41, 5.74) is 0. The number of Topliss-reactive ketones (excluding diaryl/α,β-unsaturated/α-hetero) is 2. The van der Waals surface area contributed by atoms with E-state index in [0.29, 0.717) is 0 Å². The summed E-state index contributed by atoms with van der Waals surface area (Å²) in [4.78, 5) is 29.7. The Hall–Kier alpha value is -0.268. The fraction of sp³-hybridized carbons (Fsp3) is 0.400. The Morgan fingerprint density at radius 1 is 1.30 bits per heavy atom. The number of carbonyl (C=O) groups is 3. The van der Waals surface area contributed by atoms with Gasteiger partial charge in [0.1, 0.15) is 11.8 Å². The van der Waals surface area contributed by atoms with E-state index in [9.17, 15) is 19.5 Å². The Kier molecular flexibility index (Phi) is 6.84. The number of ketones is 2. The van der Waals surface area contributed by atoms with Gasteiger partial charge in [0.2, 0.25) is 0 Å². The van der Waals surface area contributed by atoms with Crippen LogP contribution in [-0.4, -0.2) is 44.8 Å². The molecule has 0 saturated heterocycles. The van der Waals surface area contributed by atoms with Crippen molar-refractivity contribution in [2.24, 2.45) is 0 Å². The number of hydrogen-bond donors (Lipinski definition) is 0. The Morgan fingerprint density at radius 3 is 1.80 bits per heavy atom. The summed E-state index contributed by atoms with van der Waals surface area (Å²) in [6.45, 7) is 1.14. The van der Waals surface area contributed by atoms with Crippen molar-refractivity contribution in [3.8, 4) is 0 Å². The Labute approximate surface area is 77.8 Å². The molecule has 0 N–H and O–H groups in total. The summed E-state index contributed by atoms with van der Waals surface area (Å²) in [7, 11) is 0. The van der Waals surface area contributed by atoms with E-state index in [1.807, 2.05) is 0 Å². The second kappa shape index (κ2) is 5.51. The van der Waals surface area contributed by atoms with Crippen molar-refractivity contribution < 1.29 is 19.5 Å². The topological polar surface area (TPSA) is 74.3 Å². The molecular weight excluding hydrogens is 328 g/mol. The molecule has 0 aromatic rings. The molecular formula is C5H5O4Tl. The van der Waals surface area contributed by atoms with Crippen LogP contribution in [0, 0.1) is 0 Å². The second-order valence-corrected chi connectivity index (χ2v) is 1.59. The summed E-state index contributed by atoms with van der Waals surface area (Å²) in [6, 6.07) is 0. The van der Waals surface area contributed by atoms with Gasteiger partial charge in [-0.2, -0.15) is 0 Å². The third-order valence-electron chi connectivity index (χ3n) is 0.637. The number of rotatable bonds is 3. The molecule has 0 fully saturated rings. The van der Waals surface area contributed by atoms with E-state index >= 15 is 0 Å². The van der Waals surface area contributed by atoms with E-state index < -0.39 is 24.0 Å². The van der Waals surface area contributed by atoms with Gasteiger partial charge in [-0.15, -0.1) is 0 Å². The predicted octanol–water partition coefficient (Wildman–Crippen LogP) is -2.10. The van der Waals surface area contributed by atoms with Gasteiger partial charge in [-0.1, -0.05) is 0 Å². The van der Waals surface area contributed by atoms with Gasteiger partial charge in [0.15, 0.2) is 5.78 Å². The molecule has 0 rings (SSSR count). The fourth-order valence-electron chi connectivity index (χ4n) is 0.298. The SMILES string of the molecule is CC(=O)CC(=O)C(=O)[O-].[Tl+]. The van der Waals surface area contributed by atoms with Crippen LogP contribution in [0.4, 0.5) is 0 Å². The average Bonchev–Trinajstić information content (AvgIpc) is 1.63. The second-order valence-electron chi connectivity index (χ2n) is 1.59. The number of aliphatic carboxylic acids is 1. The van der Waals surface area contributed by atoms with E-state index in [1.165, 1.54) is 0 Å². The zero-order chi connectivity index (χ0) is 7.44. The van der Waals surface area contributed by atoms with E-state index in [4.69, 9.17) is 0 Å². The van der Waals surface area contributed by atoms with Crippen molar-refractivity contribution in [1.82, 2.24) is 0 Å². The van der Waals surface area contributed by atoms with Crippen molar-refractivity contribution in [3.05, 3.63) is 0 Å².